The van der Waals surface area contributed by atoms with Gasteiger partial charge in [0.25, 0.3) is 5.91 Å². The minimum absolute atomic E-state index is 0.0580. The van der Waals surface area contributed by atoms with Gasteiger partial charge in [0.05, 0.1) is 11.7 Å². The van der Waals surface area contributed by atoms with Crippen LogP contribution in [0.15, 0.2) is 42.5 Å². The van der Waals surface area contributed by atoms with Crippen LogP contribution in [0.3, 0.4) is 0 Å². The summed E-state index contributed by atoms with van der Waals surface area (Å²) in [6.45, 7) is 3.90. The minimum Gasteiger partial charge on any atom is -0.507 e. The van der Waals surface area contributed by atoms with E-state index in [1.54, 1.807) is 12.1 Å². The van der Waals surface area contributed by atoms with Gasteiger partial charge in [0.15, 0.2) is 0 Å². The van der Waals surface area contributed by atoms with Gasteiger partial charge in [-0.15, -0.1) is 0 Å². The number of aromatic hydroxyl groups is 1. The zero-order chi connectivity index (χ0) is 15.4. The molecule has 0 aliphatic rings. The van der Waals surface area contributed by atoms with E-state index in [-0.39, 0.29) is 17.9 Å². The minimum atomic E-state index is -0.776. The van der Waals surface area contributed by atoms with Crippen molar-refractivity contribution in [3.63, 3.8) is 0 Å². The van der Waals surface area contributed by atoms with Gasteiger partial charge in [0.2, 0.25) is 0 Å². The van der Waals surface area contributed by atoms with Gasteiger partial charge in [0.1, 0.15) is 5.75 Å². The largest absolute Gasteiger partial charge is 0.507 e. The van der Waals surface area contributed by atoms with Crippen LogP contribution in [-0.4, -0.2) is 22.7 Å². The molecule has 0 saturated heterocycles. The van der Waals surface area contributed by atoms with E-state index < -0.39 is 12.0 Å². The van der Waals surface area contributed by atoms with Crippen LogP contribution in [-0.2, 0) is 0 Å². The molecule has 0 radical (unpaired) electrons. The molecule has 0 bridgehead atoms. The fourth-order valence-electron chi connectivity index (χ4n) is 2.02. The average molecular weight is 285 g/mol. The Morgan fingerprint density at radius 2 is 1.71 bits per heavy atom. The zero-order valence-corrected chi connectivity index (χ0v) is 12.1. The molecule has 110 valence electrons. The standard InChI is InChI=1S/C17H19NO3/c1-11-3-6-13(7-4-11)16(20)10-18-17(21)14-8-5-12(2)9-15(14)19/h3-9,16,19-20H,10H2,1-2H3,(H,18,21). The van der Waals surface area contributed by atoms with Crippen molar-refractivity contribution in [1.29, 1.82) is 0 Å². The van der Waals surface area contributed by atoms with Crippen LogP contribution in [0.1, 0.15) is 33.2 Å². The third-order valence-electron chi connectivity index (χ3n) is 3.32. The molecular weight excluding hydrogens is 266 g/mol. The van der Waals surface area contributed by atoms with Gasteiger partial charge in [-0.3, -0.25) is 4.79 Å². The highest BCUT2D eigenvalue weighted by atomic mass is 16.3. The van der Waals surface area contributed by atoms with E-state index in [4.69, 9.17) is 0 Å². The van der Waals surface area contributed by atoms with Crippen molar-refractivity contribution in [3.05, 3.63) is 64.7 Å². The Kier molecular flexibility index (Phi) is 4.60. The lowest BCUT2D eigenvalue weighted by Crippen LogP contribution is -2.28. The number of phenolic OH excluding ortho intramolecular Hbond substituents is 1. The molecule has 1 amide bonds. The second kappa shape index (κ2) is 6.41. The first kappa shape index (κ1) is 15.1. The summed E-state index contributed by atoms with van der Waals surface area (Å²) in [7, 11) is 0. The molecular formula is C17H19NO3. The number of amides is 1. The fraction of sp³-hybridized carbons (Fsp3) is 0.235. The van der Waals surface area contributed by atoms with Crippen molar-refractivity contribution in [3.8, 4) is 5.75 Å². The average Bonchev–Trinajstić information content (AvgIpc) is 2.45. The molecule has 1 atom stereocenters. The number of aliphatic hydroxyl groups is 1. The summed E-state index contributed by atoms with van der Waals surface area (Å²) >= 11 is 0. The van der Waals surface area contributed by atoms with Crippen molar-refractivity contribution in [2.24, 2.45) is 0 Å². The molecule has 2 aromatic rings. The summed E-state index contributed by atoms with van der Waals surface area (Å²) < 4.78 is 0. The van der Waals surface area contributed by atoms with E-state index in [2.05, 4.69) is 5.32 Å². The van der Waals surface area contributed by atoms with E-state index in [0.717, 1.165) is 16.7 Å². The smallest absolute Gasteiger partial charge is 0.255 e. The molecule has 3 N–H and O–H groups in total. The quantitative estimate of drug-likeness (QED) is 0.808. The van der Waals surface area contributed by atoms with Gasteiger partial charge in [-0.25, -0.2) is 0 Å². The number of aliphatic hydroxyl groups excluding tert-OH is 1. The van der Waals surface area contributed by atoms with Crippen LogP contribution >= 0.6 is 0 Å². The number of phenols is 1. The Hall–Kier alpha value is -2.33. The SMILES string of the molecule is Cc1ccc(C(O)CNC(=O)c2ccc(C)cc2O)cc1. The second-order valence-corrected chi connectivity index (χ2v) is 5.16. The fourth-order valence-corrected chi connectivity index (χ4v) is 2.02. The van der Waals surface area contributed by atoms with Gasteiger partial charge in [0, 0.05) is 6.54 Å². The molecule has 0 heterocycles. The highest BCUT2D eigenvalue weighted by Crippen LogP contribution is 2.18. The predicted molar refractivity (Wildman–Crippen MR) is 81.3 cm³/mol. The Labute approximate surface area is 124 Å². The molecule has 4 nitrogen and oxygen atoms in total. The molecule has 0 spiro atoms. The maximum Gasteiger partial charge on any atom is 0.255 e. The van der Waals surface area contributed by atoms with E-state index >= 15 is 0 Å². The summed E-state index contributed by atoms with van der Waals surface area (Å²) in [5, 5.41) is 22.4. The van der Waals surface area contributed by atoms with Gasteiger partial charge < -0.3 is 15.5 Å². The van der Waals surface area contributed by atoms with E-state index in [1.165, 1.54) is 6.07 Å². The summed E-state index contributed by atoms with van der Waals surface area (Å²) in [4.78, 5) is 12.0. The number of rotatable bonds is 4. The highest BCUT2D eigenvalue weighted by Gasteiger charge is 2.13. The Bertz CT molecular complexity index is 635. The van der Waals surface area contributed by atoms with Crippen LogP contribution < -0.4 is 5.32 Å². The lowest BCUT2D eigenvalue weighted by Gasteiger charge is -2.13. The van der Waals surface area contributed by atoms with E-state index in [1.807, 2.05) is 38.1 Å². The summed E-state index contributed by atoms with van der Waals surface area (Å²) in [5.41, 5.74) is 2.94. The number of carbonyl (C=O) groups excluding carboxylic acids is 1. The van der Waals surface area contributed by atoms with Crippen molar-refractivity contribution in [2.75, 3.05) is 6.54 Å². The molecule has 2 rings (SSSR count). The molecule has 0 aliphatic heterocycles. The van der Waals surface area contributed by atoms with E-state index in [9.17, 15) is 15.0 Å². The van der Waals surface area contributed by atoms with Crippen LogP contribution in [0, 0.1) is 13.8 Å². The van der Waals surface area contributed by atoms with Crippen LogP contribution in [0.25, 0.3) is 0 Å². The molecule has 2 aromatic carbocycles. The number of aryl methyl sites for hydroxylation is 2. The van der Waals surface area contributed by atoms with Crippen molar-refractivity contribution >= 4 is 5.91 Å². The summed E-state index contributed by atoms with van der Waals surface area (Å²) in [6, 6.07) is 12.3. The number of hydrogen-bond donors (Lipinski definition) is 3. The first-order valence-electron chi connectivity index (χ1n) is 6.80. The predicted octanol–water partition coefficient (Wildman–Crippen LogP) is 2.47. The van der Waals surface area contributed by atoms with Crippen LogP contribution in [0.5, 0.6) is 5.75 Å². The third kappa shape index (κ3) is 3.83. The monoisotopic (exact) mass is 285 g/mol. The Balaban J connectivity index is 1.99. The van der Waals surface area contributed by atoms with Crippen molar-refractivity contribution in [2.45, 2.75) is 20.0 Å². The maximum atomic E-state index is 12.0. The van der Waals surface area contributed by atoms with Crippen LogP contribution in [0.2, 0.25) is 0 Å². The molecule has 21 heavy (non-hydrogen) atoms. The Morgan fingerprint density at radius 3 is 2.33 bits per heavy atom. The van der Waals surface area contributed by atoms with Gasteiger partial charge in [-0.2, -0.15) is 0 Å². The van der Waals surface area contributed by atoms with E-state index in [0.29, 0.717) is 0 Å². The molecule has 1 unspecified atom stereocenters. The maximum absolute atomic E-state index is 12.0. The normalized spacial score (nSPS) is 12.0. The van der Waals surface area contributed by atoms with Gasteiger partial charge in [-0.05, 0) is 37.1 Å². The number of nitrogens with one attached hydrogen (secondary N) is 1. The first-order valence-corrected chi connectivity index (χ1v) is 6.80. The molecule has 0 aliphatic carbocycles. The topological polar surface area (TPSA) is 69.6 Å². The van der Waals surface area contributed by atoms with Gasteiger partial charge in [-0.1, -0.05) is 35.9 Å². The molecule has 0 aromatic heterocycles. The molecule has 0 fully saturated rings. The first-order chi connectivity index (χ1) is 9.97. The third-order valence-corrected chi connectivity index (χ3v) is 3.32. The zero-order valence-electron chi connectivity index (χ0n) is 12.1. The second-order valence-electron chi connectivity index (χ2n) is 5.16. The molecule has 4 heteroatoms. The lowest BCUT2D eigenvalue weighted by molar-refractivity contribution is 0.0913. The summed E-state index contributed by atoms with van der Waals surface area (Å²) in [5.74, 6) is -0.462. The lowest BCUT2D eigenvalue weighted by atomic mass is 10.1. The highest BCUT2D eigenvalue weighted by molar-refractivity contribution is 5.96. The summed E-state index contributed by atoms with van der Waals surface area (Å²) in [6.07, 6.45) is -0.776. The van der Waals surface area contributed by atoms with Crippen molar-refractivity contribution in [1.82, 2.24) is 5.32 Å². The van der Waals surface area contributed by atoms with Crippen LogP contribution in [0.4, 0.5) is 0 Å². The number of hydrogen-bond acceptors (Lipinski definition) is 3. The number of benzene rings is 2. The van der Waals surface area contributed by atoms with Gasteiger partial charge >= 0.3 is 0 Å². The van der Waals surface area contributed by atoms with Crippen molar-refractivity contribution < 1.29 is 15.0 Å². The number of carbonyl (C=O) groups is 1. The molecule has 0 saturated carbocycles. The Morgan fingerprint density at radius 1 is 1.10 bits per heavy atom.